The first-order valence-electron chi connectivity index (χ1n) is 6.47. The minimum atomic E-state index is -0.238. The molecule has 1 spiro atoms. The first-order valence-corrected chi connectivity index (χ1v) is 6.47. The number of ether oxygens (including phenoxy) is 1. The van der Waals surface area contributed by atoms with E-state index in [0.717, 1.165) is 31.6 Å². The molecule has 0 saturated carbocycles. The summed E-state index contributed by atoms with van der Waals surface area (Å²) in [6.07, 6.45) is 1.91. The van der Waals surface area contributed by atoms with Crippen LogP contribution < -0.4 is 10.6 Å². The molecule has 96 valence electrons. The molecule has 4 heteroatoms. The lowest BCUT2D eigenvalue weighted by Gasteiger charge is -2.44. The van der Waals surface area contributed by atoms with E-state index in [1.54, 1.807) is 0 Å². The van der Waals surface area contributed by atoms with Gasteiger partial charge in [-0.05, 0) is 18.4 Å². The Bertz CT molecular complexity index is 427. The van der Waals surface area contributed by atoms with Gasteiger partial charge in [-0.3, -0.25) is 10.1 Å². The number of rotatable bonds is 1. The molecule has 1 atom stereocenters. The molecule has 0 aliphatic carbocycles. The van der Waals surface area contributed by atoms with Gasteiger partial charge in [0, 0.05) is 25.3 Å². The Morgan fingerprint density at radius 3 is 2.61 bits per heavy atom. The zero-order chi connectivity index (χ0) is 12.4. The molecule has 18 heavy (non-hydrogen) atoms. The minimum absolute atomic E-state index is 0.00662. The van der Waals surface area contributed by atoms with Gasteiger partial charge in [0.25, 0.3) is 0 Å². The normalized spacial score (nSPS) is 26.9. The van der Waals surface area contributed by atoms with Gasteiger partial charge in [-0.25, -0.2) is 0 Å². The first-order chi connectivity index (χ1) is 8.79. The average Bonchev–Trinajstić information content (AvgIpc) is 2.44. The van der Waals surface area contributed by atoms with E-state index in [2.05, 4.69) is 10.6 Å². The monoisotopic (exact) mass is 246 g/mol. The molecular weight excluding hydrogens is 228 g/mol. The van der Waals surface area contributed by atoms with Gasteiger partial charge < -0.3 is 10.1 Å². The number of carbonyl (C=O) groups is 1. The molecule has 0 bridgehead atoms. The Hall–Kier alpha value is -1.39. The zero-order valence-electron chi connectivity index (χ0n) is 10.3. The molecule has 2 fully saturated rings. The van der Waals surface area contributed by atoms with E-state index in [9.17, 15) is 4.79 Å². The van der Waals surface area contributed by atoms with Crippen molar-refractivity contribution in [3.8, 4) is 0 Å². The number of piperazine rings is 1. The fourth-order valence-corrected chi connectivity index (χ4v) is 2.74. The van der Waals surface area contributed by atoms with Gasteiger partial charge in [0.15, 0.2) is 0 Å². The van der Waals surface area contributed by atoms with E-state index < -0.39 is 0 Å². The van der Waals surface area contributed by atoms with Gasteiger partial charge in [-0.15, -0.1) is 0 Å². The van der Waals surface area contributed by atoms with Gasteiger partial charge in [0.1, 0.15) is 6.04 Å². The Morgan fingerprint density at radius 2 is 1.89 bits per heavy atom. The summed E-state index contributed by atoms with van der Waals surface area (Å²) in [6.45, 7) is 2.24. The molecule has 1 unspecified atom stereocenters. The molecule has 3 rings (SSSR count). The molecule has 2 aliphatic rings. The predicted octanol–water partition coefficient (Wildman–Crippen LogP) is 0.996. The van der Waals surface area contributed by atoms with Crippen LogP contribution in [0, 0.1) is 0 Å². The molecule has 1 aromatic rings. The maximum absolute atomic E-state index is 12.0. The summed E-state index contributed by atoms with van der Waals surface area (Å²) >= 11 is 0. The molecule has 2 heterocycles. The largest absolute Gasteiger partial charge is 0.381 e. The van der Waals surface area contributed by atoms with Crippen LogP contribution in [0.25, 0.3) is 0 Å². The lowest BCUT2D eigenvalue weighted by Crippen LogP contribution is -2.64. The van der Waals surface area contributed by atoms with E-state index in [1.165, 1.54) is 0 Å². The Morgan fingerprint density at radius 1 is 1.17 bits per heavy atom. The van der Waals surface area contributed by atoms with Gasteiger partial charge in [0.05, 0.1) is 0 Å². The second-order valence-electron chi connectivity index (χ2n) is 5.10. The summed E-state index contributed by atoms with van der Waals surface area (Å²) in [7, 11) is 0. The second kappa shape index (κ2) is 4.71. The van der Waals surface area contributed by atoms with Crippen LogP contribution in [0.2, 0.25) is 0 Å². The highest BCUT2D eigenvalue weighted by Crippen LogP contribution is 2.28. The minimum Gasteiger partial charge on any atom is -0.381 e. The maximum atomic E-state index is 12.0. The van der Waals surface area contributed by atoms with Gasteiger partial charge >= 0.3 is 0 Å². The van der Waals surface area contributed by atoms with E-state index in [4.69, 9.17) is 4.74 Å². The van der Waals surface area contributed by atoms with Crippen molar-refractivity contribution in [3.63, 3.8) is 0 Å². The smallest absolute Gasteiger partial charge is 0.241 e. The van der Waals surface area contributed by atoms with Crippen molar-refractivity contribution in [1.82, 2.24) is 10.6 Å². The molecule has 0 radical (unpaired) electrons. The highest BCUT2D eigenvalue weighted by molar-refractivity contribution is 5.84. The SMILES string of the molecule is O=C1NCC2(CCOCC2)NC1c1ccccc1. The van der Waals surface area contributed by atoms with Crippen molar-refractivity contribution in [2.45, 2.75) is 24.4 Å². The Balaban J connectivity index is 1.83. The van der Waals surface area contributed by atoms with Crippen LogP contribution in [0.1, 0.15) is 24.4 Å². The van der Waals surface area contributed by atoms with E-state index in [-0.39, 0.29) is 17.5 Å². The molecule has 0 aromatic heterocycles. The summed E-state index contributed by atoms with van der Waals surface area (Å²) in [6, 6.07) is 9.66. The van der Waals surface area contributed by atoms with Crippen molar-refractivity contribution in [1.29, 1.82) is 0 Å². The summed E-state index contributed by atoms with van der Waals surface area (Å²) in [5.74, 6) is 0.0679. The quantitative estimate of drug-likeness (QED) is 0.777. The molecule has 2 N–H and O–H groups in total. The fraction of sp³-hybridized carbons (Fsp3) is 0.500. The molecule has 4 nitrogen and oxygen atoms in total. The third-order valence-corrected chi connectivity index (χ3v) is 3.90. The van der Waals surface area contributed by atoms with Crippen LogP contribution in [0.5, 0.6) is 0 Å². The number of carbonyl (C=O) groups excluding carboxylic acids is 1. The maximum Gasteiger partial charge on any atom is 0.241 e. The highest BCUT2D eigenvalue weighted by atomic mass is 16.5. The van der Waals surface area contributed by atoms with Crippen molar-refractivity contribution < 1.29 is 9.53 Å². The number of hydrogen-bond donors (Lipinski definition) is 2. The third kappa shape index (κ3) is 2.13. The molecule has 2 saturated heterocycles. The Labute approximate surface area is 107 Å². The number of hydrogen-bond acceptors (Lipinski definition) is 3. The third-order valence-electron chi connectivity index (χ3n) is 3.90. The van der Waals surface area contributed by atoms with Gasteiger partial charge in [-0.2, -0.15) is 0 Å². The number of amides is 1. The predicted molar refractivity (Wildman–Crippen MR) is 68.1 cm³/mol. The van der Waals surface area contributed by atoms with Gasteiger partial charge in [-0.1, -0.05) is 30.3 Å². The molecular formula is C14H18N2O2. The van der Waals surface area contributed by atoms with Crippen LogP contribution in [-0.2, 0) is 9.53 Å². The molecule has 2 aliphatic heterocycles. The number of benzene rings is 1. The lowest BCUT2D eigenvalue weighted by atomic mass is 9.85. The summed E-state index contributed by atoms with van der Waals surface area (Å²) < 4.78 is 5.41. The van der Waals surface area contributed by atoms with Crippen LogP contribution in [0.4, 0.5) is 0 Å². The molecule has 1 amide bonds. The Kier molecular flexibility index (Phi) is 3.06. The van der Waals surface area contributed by atoms with E-state index >= 15 is 0 Å². The van der Waals surface area contributed by atoms with Crippen LogP contribution in [0.15, 0.2) is 30.3 Å². The summed E-state index contributed by atoms with van der Waals surface area (Å²) in [5, 5.41) is 6.58. The summed E-state index contributed by atoms with van der Waals surface area (Å²) in [5.41, 5.74) is 1.03. The van der Waals surface area contributed by atoms with E-state index in [1.807, 2.05) is 30.3 Å². The zero-order valence-corrected chi connectivity index (χ0v) is 10.3. The standard InChI is InChI=1S/C14H18N2O2/c17-13-12(11-4-2-1-3-5-11)16-14(10-15-13)6-8-18-9-7-14/h1-5,12,16H,6-10H2,(H,15,17). The number of nitrogens with one attached hydrogen (secondary N) is 2. The van der Waals surface area contributed by atoms with Crippen LogP contribution in [0.3, 0.4) is 0 Å². The van der Waals surface area contributed by atoms with Crippen molar-refractivity contribution >= 4 is 5.91 Å². The van der Waals surface area contributed by atoms with Crippen molar-refractivity contribution in [3.05, 3.63) is 35.9 Å². The summed E-state index contributed by atoms with van der Waals surface area (Å²) in [4.78, 5) is 12.0. The van der Waals surface area contributed by atoms with Crippen LogP contribution in [-0.4, -0.2) is 31.2 Å². The second-order valence-corrected chi connectivity index (χ2v) is 5.10. The molecule has 1 aromatic carbocycles. The van der Waals surface area contributed by atoms with Gasteiger partial charge in [0.2, 0.25) is 5.91 Å². The van der Waals surface area contributed by atoms with E-state index in [0.29, 0.717) is 6.54 Å². The van der Waals surface area contributed by atoms with Crippen molar-refractivity contribution in [2.24, 2.45) is 0 Å². The highest BCUT2D eigenvalue weighted by Gasteiger charge is 2.40. The topological polar surface area (TPSA) is 50.4 Å². The van der Waals surface area contributed by atoms with Crippen molar-refractivity contribution in [2.75, 3.05) is 19.8 Å². The fourth-order valence-electron chi connectivity index (χ4n) is 2.74. The van der Waals surface area contributed by atoms with Crippen LogP contribution >= 0.6 is 0 Å². The first kappa shape index (κ1) is 11.7. The lowest BCUT2D eigenvalue weighted by molar-refractivity contribution is -0.127. The average molecular weight is 246 g/mol.